The Labute approximate surface area is 97.7 Å². The number of aliphatic carboxylic acids is 1. The van der Waals surface area contributed by atoms with Gasteiger partial charge in [0, 0.05) is 5.22 Å². The Hall–Kier alpha value is -2.04. The van der Waals surface area contributed by atoms with Gasteiger partial charge in [0.15, 0.2) is 17.0 Å². The molecule has 1 aliphatic heterocycles. The molecule has 1 aliphatic rings. The first-order valence-corrected chi connectivity index (χ1v) is 5.26. The minimum absolute atomic E-state index is 0.0645. The Balaban J connectivity index is 2.73. The van der Waals surface area contributed by atoms with E-state index in [2.05, 4.69) is 4.99 Å². The van der Waals surface area contributed by atoms with Crippen LogP contribution in [0.25, 0.3) is 6.08 Å². The van der Waals surface area contributed by atoms with Crippen molar-refractivity contribution in [1.29, 1.82) is 0 Å². The van der Waals surface area contributed by atoms with E-state index in [-0.39, 0.29) is 5.75 Å². The Morgan fingerprint density at radius 3 is 2.76 bits per heavy atom. The number of rotatable bonds is 3. The Morgan fingerprint density at radius 1 is 1.53 bits per heavy atom. The number of ether oxygens (including phenoxy) is 1. The van der Waals surface area contributed by atoms with Crippen molar-refractivity contribution in [1.82, 2.24) is 0 Å². The molecule has 2 N–H and O–H groups in total. The molecule has 5 heteroatoms. The third-order valence-corrected chi connectivity index (χ3v) is 2.99. The lowest BCUT2D eigenvalue weighted by Crippen LogP contribution is -2.32. The molecule has 0 saturated heterocycles. The van der Waals surface area contributed by atoms with Crippen LogP contribution >= 0.6 is 0 Å². The minimum Gasteiger partial charge on any atom is -0.504 e. The van der Waals surface area contributed by atoms with Crippen molar-refractivity contribution in [2.24, 2.45) is 4.99 Å². The lowest BCUT2D eigenvalue weighted by Gasteiger charge is -2.15. The number of nitrogens with zero attached hydrogens (tertiary/aromatic N) is 1. The number of hydrogen-bond donors (Lipinski definition) is 2. The second-order valence-electron chi connectivity index (χ2n) is 3.89. The third-order valence-electron chi connectivity index (χ3n) is 2.99. The zero-order valence-corrected chi connectivity index (χ0v) is 9.60. The molecule has 5 nitrogen and oxygen atoms in total. The van der Waals surface area contributed by atoms with E-state index in [9.17, 15) is 15.0 Å². The molecule has 0 aliphatic carbocycles. The molecule has 17 heavy (non-hydrogen) atoms. The third kappa shape index (κ3) is 1.54. The van der Waals surface area contributed by atoms with Crippen LogP contribution in [0.5, 0.6) is 11.5 Å². The summed E-state index contributed by atoms with van der Waals surface area (Å²) in [7, 11) is 1.44. The second-order valence-corrected chi connectivity index (χ2v) is 3.89. The van der Waals surface area contributed by atoms with E-state index in [4.69, 9.17) is 4.74 Å². The maximum absolute atomic E-state index is 11.3. The van der Waals surface area contributed by atoms with Crippen LogP contribution in [0.2, 0.25) is 0 Å². The monoisotopic (exact) mass is 235 g/mol. The molecule has 1 aromatic rings. The number of carboxylic acids is 1. The molecule has 0 spiro atoms. The fraction of sp³-hybridized carbons (Fsp3) is 0.333. The highest BCUT2D eigenvalue weighted by atomic mass is 16.5. The highest BCUT2D eigenvalue weighted by Gasteiger charge is 2.36. The number of phenols is 1. The normalized spacial score (nSPS) is 21.3. The van der Waals surface area contributed by atoms with Crippen LogP contribution in [0.3, 0.4) is 0 Å². The van der Waals surface area contributed by atoms with E-state index in [1.165, 1.54) is 13.2 Å². The predicted octanol–water partition coefficient (Wildman–Crippen LogP) is 0.0479. The van der Waals surface area contributed by atoms with E-state index in [1.807, 2.05) is 0 Å². The summed E-state index contributed by atoms with van der Waals surface area (Å²) in [4.78, 5) is 15.4. The number of hydrogen-bond acceptors (Lipinski definition) is 4. The van der Waals surface area contributed by atoms with Crippen molar-refractivity contribution in [3.05, 3.63) is 22.7 Å². The maximum atomic E-state index is 11.3. The molecule has 2 rings (SSSR count). The van der Waals surface area contributed by atoms with Gasteiger partial charge >= 0.3 is 5.97 Å². The molecule has 1 unspecified atom stereocenters. The number of carboxylic acid groups (broad SMARTS) is 1. The first kappa shape index (κ1) is 11.4. The lowest BCUT2D eigenvalue weighted by molar-refractivity contribution is -0.140. The van der Waals surface area contributed by atoms with Gasteiger partial charge in [-0.3, -0.25) is 4.99 Å². The van der Waals surface area contributed by atoms with Crippen LogP contribution in [0.15, 0.2) is 17.1 Å². The fourth-order valence-electron chi connectivity index (χ4n) is 1.91. The SMILES string of the molecule is CCC1(C(=O)O)C=c2c(O)c(OC)ccc2=N1. The molecule has 90 valence electrons. The van der Waals surface area contributed by atoms with E-state index in [1.54, 1.807) is 19.1 Å². The average molecular weight is 235 g/mol. The van der Waals surface area contributed by atoms with E-state index < -0.39 is 11.5 Å². The highest BCUT2D eigenvalue weighted by Crippen LogP contribution is 2.24. The zero-order valence-electron chi connectivity index (χ0n) is 9.60. The molecule has 1 heterocycles. The summed E-state index contributed by atoms with van der Waals surface area (Å²) in [6, 6.07) is 3.21. The summed E-state index contributed by atoms with van der Waals surface area (Å²) in [6.07, 6.45) is 1.81. The van der Waals surface area contributed by atoms with Crippen molar-refractivity contribution in [3.63, 3.8) is 0 Å². The van der Waals surface area contributed by atoms with Crippen molar-refractivity contribution < 1.29 is 19.7 Å². The summed E-state index contributed by atoms with van der Waals surface area (Å²) in [6.45, 7) is 1.74. The fourth-order valence-corrected chi connectivity index (χ4v) is 1.91. The van der Waals surface area contributed by atoms with Gasteiger partial charge in [0.2, 0.25) is 0 Å². The quantitative estimate of drug-likeness (QED) is 0.775. The van der Waals surface area contributed by atoms with Crippen molar-refractivity contribution in [2.45, 2.75) is 18.9 Å². The zero-order chi connectivity index (χ0) is 12.6. The van der Waals surface area contributed by atoms with Gasteiger partial charge in [0.25, 0.3) is 0 Å². The molecule has 1 atom stereocenters. The van der Waals surface area contributed by atoms with Crippen LogP contribution in [-0.4, -0.2) is 28.8 Å². The van der Waals surface area contributed by atoms with E-state index in [0.29, 0.717) is 22.7 Å². The second kappa shape index (κ2) is 3.76. The van der Waals surface area contributed by atoms with Crippen molar-refractivity contribution in [2.75, 3.05) is 7.11 Å². The maximum Gasteiger partial charge on any atom is 0.335 e. The van der Waals surface area contributed by atoms with Crippen LogP contribution in [0, 0.1) is 0 Å². The lowest BCUT2D eigenvalue weighted by atomic mass is 9.97. The molecule has 0 amide bonds. The van der Waals surface area contributed by atoms with E-state index in [0.717, 1.165) is 0 Å². The van der Waals surface area contributed by atoms with Crippen LogP contribution in [0.1, 0.15) is 13.3 Å². The molecule has 0 aromatic heterocycles. The summed E-state index contributed by atoms with van der Waals surface area (Å²) < 4.78 is 4.97. The number of carbonyl (C=O) groups is 1. The number of benzene rings is 1. The number of aromatic hydroxyl groups is 1. The van der Waals surface area contributed by atoms with Crippen molar-refractivity contribution >= 4 is 12.0 Å². The highest BCUT2D eigenvalue weighted by molar-refractivity contribution is 5.88. The van der Waals surface area contributed by atoms with Gasteiger partial charge in [-0.05, 0) is 24.6 Å². The number of phenolic OH excluding ortho intramolecular Hbond substituents is 1. The van der Waals surface area contributed by atoms with Gasteiger partial charge in [-0.2, -0.15) is 0 Å². The van der Waals surface area contributed by atoms with Crippen LogP contribution in [-0.2, 0) is 4.79 Å². The Morgan fingerprint density at radius 2 is 2.24 bits per heavy atom. The van der Waals surface area contributed by atoms with Gasteiger partial charge in [-0.25, -0.2) is 4.79 Å². The van der Waals surface area contributed by atoms with Crippen LogP contribution in [0.4, 0.5) is 0 Å². The van der Waals surface area contributed by atoms with Crippen LogP contribution < -0.4 is 15.3 Å². The smallest absolute Gasteiger partial charge is 0.335 e. The van der Waals surface area contributed by atoms with Gasteiger partial charge in [-0.1, -0.05) is 6.92 Å². The molecule has 0 fully saturated rings. The summed E-state index contributed by atoms with van der Waals surface area (Å²) in [5.74, 6) is -0.771. The first-order valence-electron chi connectivity index (χ1n) is 5.26. The van der Waals surface area contributed by atoms with E-state index >= 15 is 0 Å². The summed E-state index contributed by atoms with van der Waals surface area (Å²) in [5.41, 5.74) is -1.27. The van der Waals surface area contributed by atoms with Crippen molar-refractivity contribution in [3.8, 4) is 11.5 Å². The summed E-state index contributed by atoms with van der Waals surface area (Å²) in [5, 5.41) is 20.0. The molecular formula is C12H13NO4. The Bertz CT molecular complexity index is 593. The molecule has 0 bridgehead atoms. The topological polar surface area (TPSA) is 79.1 Å². The molecule has 0 saturated carbocycles. The standard InChI is InChI=1S/C12H13NO4/c1-3-12(11(15)16)6-7-8(13-12)4-5-9(17-2)10(7)14/h4-6,14H,3H2,1-2H3,(H,15,16). The Kier molecular flexibility index (Phi) is 2.53. The molecular weight excluding hydrogens is 222 g/mol. The average Bonchev–Trinajstić information content (AvgIpc) is 2.71. The first-order chi connectivity index (χ1) is 8.04. The number of fused-ring (bicyclic) bond motifs is 1. The van der Waals surface area contributed by atoms with Gasteiger partial charge in [0.05, 0.1) is 12.5 Å². The molecule has 0 radical (unpaired) electrons. The number of methoxy groups -OCH3 is 1. The minimum atomic E-state index is -1.27. The summed E-state index contributed by atoms with van der Waals surface area (Å²) >= 11 is 0. The van der Waals surface area contributed by atoms with Gasteiger partial charge in [-0.15, -0.1) is 0 Å². The molecule has 1 aromatic carbocycles. The largest absolute Gasteiger partial charge is 0.504 e. The predicted molar refractivity (Wildman–Crippen MR) is 60.6 cm³/mol. The van der Waals surface area contributed by atoms with Gasteiger partial charge < -0.3 is 14.9 Å². The van der Waals surface area contributed by atoms with Gasteiger partial charge in [0.1, 0.15) is 0 Å².